The molecule has 0 amide bonds. The molecule has 0 aliphatic rings. The summed E-state index contributed by atoms with van der Waals surface area (Å²) < 4.78 is 1.78. The molecule has 1 heterocycles. The number of carbonyl (C=O) groups excluding carboxylic acids is 1. The van der Waals surface area contributed by atoms with Gasteiger partial charge in [-0.1, -0.05) is 29.3 Å². The van der Waals surface area contributed by atoms with E-state index in [9.17, 15) is 4.79 Å². The van der Waals surface area contributed by atoms with Crippen LogP contribution in [0.25, 0.3) is 0 Å². The van der Waals surface area contributed by atoms with Gasteiger partial charge in [0.2, 0.25) is 0 Å². The Bertz CT molecular complexity index is 570. The van der Waals surface area contributed by atoms with Gasteiger partial charge in [-0.25, -0.2) is 0 Å². The molecule has 0 unspecified atom stereocenters. The van der Waals surface area contributed by atoms with Crippen LogP contribution in [-0.2, 0) is 6.42 Å². The van der Waals surface area contributed by atoms with Gasteiger partial charge in [0.25, 0.3) is 0 Å². The Morgan fingerprint density at radius 3 is 2.33 bits per heavy atom. The minimum atomic E-state index is 0.00130. The minimum Gasteiger partial charge on any atom is -0.293 e. The van der Waals surface area contributed by atoms with Crippen LogP contribution in [0, 0.1) is 0 Å². The van der Waals surface area contributed by atoms with E-state index in [1.54, 1.807) is 24.3 Å². The molecule has 0 atom stereocenters. The number of Topliss-reactive ketones (excluding diaryl/α,β-unsaturated/α-hetero) is 1. The highest BCUT2D eigenvalue weighted by Crippen LogP contribution is 2.34. The van der Waals surface area contributed by atoms with Crippen molar-refractivity contribution in [3.63, 3.8) is 0 Å². The molecule has 0 fully saturated rings. The highest BCUT2D eigenvalue weighted by atomic mass is 79.9. The van der Waals surface area contributed by atoms with Crippen molar-refractivity contribution in [3.8, 4) is 0 Å². The van der Waals surface area contributed by atoms with Crippen molar-refractivity contribution in [2.24, 2.45) is 0 Å². The number of thiophene rings is 1. The second-order valence-electron chi connectivity index (χ2n) is 3.53. The summed E-state index contributed by atoms with van der Waals surface area (Å²) in [6, 6.07) is 7.02. The molecule has 6 heteroatoms. The minimum absolute atomic E-state index is 0.00130. The van der Waals surface area contributed by atoms with E-state index < -0.39 is 0 Å². The topological polar surface area (TPSA) is 17.1 Å². The first kappa shape index (κ1) is 14.5. The monoisotopic (exact) mass is 426 g/mol. The summed E-state index contributed by atoms with van der Waals surface area (Å²) in [5.41, 5.74) is 0.673. The highest BCUT2D eigenvalue weighted by Gasteiger charge is 2.15. The molecule has 2 aromatic rings. The average Bonchev–Trinajstić information content (AvgIpc) is 2.64. The predicted octanol–water partition coefficient (Wildman–Crippen LogP) is 6.01. The SMILES string of the molecule is O=C(Cc1c(Cl)cccc1Cl)c1cc(Br)c(Br)s1. The normalized spacial score (nSPS) is 10.7. The number of carbonyl (C=O) groups is 1. The summed E-state index contributed by atoms with van der Waals surface area (Å²) in [6.45, 7) is 0. The first-order chi connectivity index (χ1) is 8.49. The lowest BCUT2D eigenvalue weighted by Gasteiger charge is -2.04. The van der Waals surface area contributed by atoms with Gasteiger partial charge in [0.05, 0.1) is 8.66 Å². The quantitative estimate of drug-likeness (QED) is 0.547. The Balaban J connectivity index is 2.27. The van der Waals surface area contributed by atoms with E-state index in [1.165, 1.54) is 11.3 Å². The van der Waals surface area contributed by atoms with Crippen LogP contribution in [0.4, 0.5) is 0 Å². The van der Waals surface area contributed by atoms with Crippen LogP contribution >= 0.6 is 66.4 Å². The number of ketones is 1. The largest absolute Gasteiger partial charge is 0.293 e. The summed E-state index contributed by atoms with van der Waals surface area (Å²) in [6.07, 6.45) is 0.206. The van der Waals surface area contributed by atoms with E-state index >= 15 is 0 Å². The Morgan fingerprint density at radius 1 is 1.22 bits per heavy atom. The van der Waals surface area contributed by atoms with Crippen molar-refractivity contribution in [1.82, 2.24) is 0 Å². The molecule has 0 radical (unpaired) electrons. The van der Waals surface area contributed by atoms with Gasteiger partial charge < -0.3 is 0 Å². The summed E-state index contributed by atoms with van der Waals surface area (Å²) in [7, 11) is 0. The Kier molecular flexibility index (Phi) is 4.89. The standard InChI is InChI=1S/C12H6Br2Cl2OS/c13-7-5-11(18-12(7)14)10(17)4-6-8(15)2-1-3-9(6)16/h1-3,5H,4H2. The van der Waals surface area contributed by atoms with Gasteiger partial charge >= 0.3 is 0 Å². The number of benzene rings is 1. The van der Waals surface area contributed by atoms with Crippen LogP contribution in [0.5, 0.6) is 0 Å². The van der Waals surface area contributed by atoms with E-state index in [0.717, 1.165) is 8.26 Å². The fraction of sp³-hybridized carbons (Fsp3) is 0.0833. The number of hydrogen-bond donors (Lipinski definition) is 0. The lowest BCUT2D eigenvalue weighted by atomic mass is 10.1. The lowest BCUT2D eigenvalue weighted by Crippen LogP contribution is -2.02. The fourth-order valence-electron chi connectivity index (χ4n) is 1.43. The number of rotatable bonds is 3. The average molecular weight is 429 g/mol. The van der Waals surface area contributed by atoms with Crippen molar-refractivity contribution in [2.75, 3.05) is 0 Å². The molecule has 0 saturated heterocycles. The first-order valence-corrected chi connectivity index (χ1v) is 8.06. The predicted molar refractivity (Wildman–Crippen MR) is 84.2 cm³/mol. The Labute approximate surface area is 135 Å². The molecule has 0 saturated carbocycles. The number of halogens is 4. The van der Waals surface area contributed by atoms with Crippen molar-refractivity contribution in [3.05, 3.63) is 53.0 Å². The smallest absolute Gasteiger partial charge is 0.177 e. The van der Waals surface area contributed by atoms with Crippen molar-refractivity contribution >= 4 is 72.2 Å². The lowest BCUT2D eigenvalue weighted by molar-refractivity contribution is 0.0997. The molecule has 1 aromatic carbocycles. The van der Waals surface area contributed by atoms with Crippen LogP contribution in [0.15, 0.2) is 32.5 Å². The van der Waals surface area contributed by atoms with Gasteiger partial charge in [-0.3, -0.25) is 4.79 Å². The van der Waals surface area contributed by atoms with E-state index in [1.807, 2.05) is 0 Å². The van der Waals surface area contributed by atoms with Crippen LogP contribution in [0.3, 0.4) is 0 Å². The Morgan fingerprint density at radius 2 is 1.83 bits per heavy atom. The Hall–Kier alpha value is 0.130. The third-order valence-electron chi connectivity index (χ3n) is 2.32. The molecule has 2 rings (SSSR count). The van der Waals surface area contributed by atoms with Crippen LogP contribution in [0.2, 0.25) is 10.0 Å². The van der Waals surface area contributed by atoms with Crippen molar-refractivity contribution in [1.29, 1.82) is 0 Å². The molecule has 0 N–H and O–H groups in total. The van der Waals surface area contributed by atoms with Gasteiger partial charge in [-0.2, -0.15) is 0 Å². The van der Waals surface area contributed by atoms with Gasteiger partial charge in [0.1, 0.15) is 0 Å². The zero-order valence-electron chi connectivity index (χ0n) is 8.84. The molecule has 1 nitrogen and oxygen atoms in total. The summed E-state index contributed by atoms with van der Waals surface area (Å²) in [4.78, 5) is 12.8. The summed E-state index contributed by atoms with van der Waals surface area (Å²) in [5, 5.41) is 1.04. The number of hydrogen-bond acceptors (Lipinski definition) is 2. The summed E-state index contributed by atoms with van der Waals surface area (Å²) in [5.74, 6) is 0.00130. The van der Waals surface area contributed by atoms with Crippen LogP contribution < -0.4 is 0 Å². The maximum atomic E-state index is 12.1. The van der Waals surface area contributed by atoms with Crippen molar-refractivity contribution in [2.45, 2.75) is 6.42 Å². The van der Waals surface area contributed by atoms with Crippen LogP contribution in [-0.4, -0.2) is 5.78 Å². The molecular formula is C12H6Br2Cl2OS. The molecule has 94 valence electrons. The molecule has 18 heavy (non-hydrogen) atoms. The van der Waals surface area contributed by atoms with Gasteiger partial charge in [-0.05, 0) is 55.6 Å². The maximum Gasteiger partial charge on any atom is 0.177 e. The third-order valence-corrected chi connectivity index (χ3v) is 6.32. The molecule has 0 aliphatic heterocycles. The molecule has 0 bridgehead atoms. The zero-order chi connectivity index (χ0) is 13.3. The molecule has 0 spiro atoms. The van der Waals surface area contributed by atoms with E-state index in [2.05, 4.69) is 31.9 Å². The van der Waals surface area contributed by atoms with Crippen LogP contribution in [0.1, 0.15) is 15.2 Å². The highest BCUT2D eigenvalue weighted by molar-refractivity contribution is 9.13. The maximum absolute atomic E-state index is 12.1. The third kappa shape index (κ3) is 3.17. The first-order valence-electron chi connectivity index (χ1n) is 4.90. The van der Waals surface area contributed by atoms with Gasteiger partial charge in [0, 0.05) is 20.9 Å². The van der Waals surface area contributed by atoms with E-state index in [4.69, 9.17) is 23.2 Å². The summed E-state index contributed by atoms with van der Waals surface area (Å²) >= 11 is 20.2. The van der Waals surface area contributed by atoms with Gasteiger partial charge in [-0.15, -0.1) is 11.3 Å². The molecular weight excluding hydrogens is 423 g/mol. The zero-order valence-corrected chi connectivity index (χ0v) is 14.3. The van der Waals surface area contributed by atoms with E-state index in [0.29, 0.717) is 20.5 Å². The fourth-order valence-corrected chi connectivity index (χ4v) is 3.94. The molecule has 0 aliphatic carbocycles. The second kappa shape index (κ2) is 6.06. The van der Waals surface area contributed by atoms with E-state index in [-0.39, 0.29) is 12.2 Å². The molecule has 1 aromatic heterocycles. The second-order valence-corrected chi connectivity index (χ2v) is 7.57. The van der Waals surface area contributed by atoms with Gasteiger partial charge in [0.15, 0.2) is 5.78 Å². The van der Waals surface area contributed by atoms with Crippen molar-refractivity contribution < 1.29 is 4.79 Å².